The molecule has 1 N–H and O–H groups in total. The zero-order valence-corrected chi connectivity index (χ0v) is 12.0. The van der Waals surface area contributed by atoms with Crippen LogP contribution in [0.3, 0.4) is 0 Å². The van der Waals surface area contributed by atoms with Crippen molar-refractivity contribution in [3.05, 3.63) is 28.7 Å². The van der Waals surface area contributed by atoms with Gasteiger partial charge in [-0.3, -0.25) is 4.79 Å². The molecule has 0 saturated heterocycles. The van der Waals surface area contributed by atoms with Crippen LogP contribution in [0.1, 0.15) is 20.3 Å². The lowest BCUT2D eigenvalue weighted by Gasteiger charge is -2.17. The van der Waals surface area contributed by atoms with Crippen molar-refractivity contribution in [3.8, 4) is 0 Å². The van der Waals surface area contributed by atoms with Crippen LogP contribution in [0.4, 0.5) is 5.69 Å². The molecule has 0 unspecified atom stereocenters. The number of carbonyl (C=O) groups excluding carboxylic acids is 1. The summed E-state index contributed by atoms with van der Waals surface area (Å²) in [5.74, 6) is 0.0687. The topological polar surface area (TPSA) is 32.3 Å². The number of halogens is 1. The largest absolute Gasteiger partial charge is 0.326 e. The molecule has 4 heteroatoms. The van der Waals surface area contributed by atoms with Crippen LogP contribution in [0.25, 0.3) is 0 Å². The quantitative estimate of drug-likeness (QED) is 0.875. The van der Waals surface area contributed by atoms with Crippen LogP contribution < -0.4 is 5.32 Å². The predicted octanol–water partition coefficient (Wildman–Crippen LogP) is 3.12. The first-order valence-corrected chi connectivity index (χ1v) is 6.72. The second kappa shape index (κ2) is 7.45. The Balaban J connectivity index is 2.37. The number of rotatable bonds is 6. The van der Waals surface area contributed by atoms with Crippen LogP contribution in [0.15, 0.2) is 28.7 Å². The summed E-state index contributed by atoms with van der Waals surface area (Å²) in [5.41, 5.74) is 0.845. The van der Waals surface area contributed by atoms with E-state index in [0.29, 0.717) is 6.42 Å². The van der Waals surface area contributed by atoms with Crippen LogP contribution in [-0.4, -0.2) is 30.4 Å². The summed E-state index contributed by atoms with van der Waals surface area (Å²) in [6, 6.07) is 7.61. The average Bonchev–Trinajstić information content (AvgIpc) is 2.33. The minimum absolute atomic E-state index is 0.0687. The molecule has 0 aliphatic carbocycles. The highest BCUT2D eigenvalue weighted by atomic mass is 79.9. The Bertz CT molecular complexity index is 347. The molecule has 1 aromatic rings. The molecule has 94 valence electrons. The third-order valence-corrected chi connectivity index (χ3v) is 3.21. The van der Waals surface area contributed by atoms with Gasteiger partial charge in [0.15, 0.2) is 0 Å². The number of anilines is 1. The van der Waals surface area contributed by atoms with Crippen molar-refractivity contribution in [2.24, 2.45) is 0 Å². The molecule has 0 saturated carbocycles. The monoisotopic (exact) mass is 298 g/mol. The number of benzene rings is 1. The Morgan fingerprint density at radius 3 is 2.35 bits per heavy atom. The van der Waals surface area contributed by atoms with E-state index in [9.17, 15) is 4.79 Å². The first kappa shape index (κ1) is 14.2. The van der Waals surface area contributed by atoms with Gasteiger partial charge in [-0.1, -0.05) is 29.8 Å². The zero-order chi connectivity index (χ0) is 12.7. The van der Waals surface area contributed by atoms with Crippen LogP contribution in [0, 0.1) is 0 Å². The fraction of sp³-hybridized carbons (Fsp3) is 0.462. The summed E-state index contributed by atoms with van der Waals surface area (Å²) < 4.78 is 1.01. The lowest BCUT2D eigenvalue weighted by Crippen LogP contribution is -2.27. The maximum atomic E-state index is 11.7. The molecule has 17 heavy (non-hydrogen) atoms. The average molecular weight is 299 g/mol. The molecular weight excluding hydrogens is 280 g/mol. The number of nitrogens with one attached hydrogen (secondary N) is 1. The first-order valence-electron chi connectivity index (χ1n) is 5.93. The van der Waals surface area contributed by atoms with Gasteiger partial charge in [-0.2, -0.15) is 0 Å². The van der Waals surface area contributed by atoms with Gasteiger partial charge in [-0.25, -0.2) is 0 Å². The Kier molecular flexibility index (Phi) is 6.22. The number of hydrogen-bond donors (Lipinski definition) is 1. The standard InChI is InChI=1S/C13H19BrN2O/c1-3-16(4-2)10-9-13(17)15-12-7-5-11(14)6-8-12/h5-8H,3-4,9-10H2,1-2H3,(H,15,17). The van der Waals surface area contributed by atoms with E-state index < -0.39 is 0 Å². The molecule has 1 aromatic carbocycles. The summed E-state index contributed by atoms with van der Waals surface area (Å²) in [5, 5.41) is 2.89. The molecule has 1 rings (SSSR count). The van der Waals surface area contributed by atoms with E-state index in [1.54, 1.807) is 0 Å². The lowest BCUT2D eigenvalue weighted by molar-refractivity contribution is -0.116. The van der Waals surface area contributed by atoms with Gasteiger partial charge in [0, 0.05) is 23.1 Å². The molecule has 0 heterocycles. The smallest absolute Gasteiger partial charge is 0.225 e. The van der Waals surface area contributed by atoms with Crippen LogP contribution >= 0.6 is 15.9 Å². The van der Waals surface area contributed by atoms with Crippen molar-refractivity contribution in [2.75, 3.05) is 25.0 Å². The maximum absolute atomic E-state index is 11.7. The van der Waals surface area contributed by atoms with Gasteiger partial charge in [0.2, 0.25) is 5.91 Å². The van der Waals surface area contributed by atoms with E-state index in [-0.39, 0.29) is 5.91 Å². The Hall–Kier alpha value is -0.870. The van der Waals surface area contributed by atoms with Crippen molar-refractivity contribution in [2.45, 2.75) is 20.3 Å². The van der Waals surface area contributed by atoms with Crippen LogP contribution in [-0.2, 0) is 4.79 Å². The molecule has 0 aromatic heterocycles. The van der Waals surface area contributed by atoms with Gasteiger partial charge in [0.1, 0.15) is 0 Å². The first-order chi connectivity index (χ1) is 8.15. The summed E-state index contributed by atoms with van der Waals surface area (Å²) in [6.07, 6.45) is 0.539. The van der Waals surface area contributed by atoms with Crippen LogP contribution in [0.2, 0.25) is 0 Å². The highest BCUT2D eigenvalue weighted by molar-refractivity contribution is 9.10. The SMILES string of the molecule is CCN(CC)CCC(=O)Nc1ccc(Br)cc1. The molecule has 0 aliphatic heterocycles. The molecule has 0 radical (unpaired) electrons. The number of nitrogens with zero attached hydrogens (tertiary/aromatic N) is 1. The van der Waals surface area contributed by atoms with E-state index in [1.165, 1.54) is 0 Å². The second-order valence-electron chi connectivity index (χ2n) is 3.83. The summed E-state index contributed by atoms with van der Waals surface area (Å²) >= 11 is 3.36. The highest BCUT2D eigenvalue weighted by Gasteiger charge is 2.05. The third kappa shape index (κ3) is 5.33. The highest BCUT2D eigenvalue weighted by Crippen LogP contribution is 2.14. The molecule has 0 bridgehead atoms. The number of carbonyl (C=O) groups is 1. The fourth-order valence-electron chi connectivity index (χ4n) is 1.56. The van der Waals surface area contributed by atoms with Gasteiger partial charge in [0.25, 0.3) is 0 Å². The van der Waals surface area contributed by atoms with Crippen LogP contribution in [0.5, 0.6) is 0 Å². The summed E-state index contributed by atoms with van der Waals surface area (Å²) in [6.45, 7) is 7.01. The van der Waals surface area contributed by atoms with E-state index in [4.69, 9.17) is 0 Å². The zero-order valence-electron chi connectivity index (χ0n) is 10.4. The minimum Gasteiger partial charge on any atom is -0.326 e. The fourth-order valence-corrected chi connectivity index (χ4v) is 1.82. The maximum Gasteiger partial charge on any atom is 0.225 e. The summed E-state index contributed by atoms with van der Waals surface area (Å²) in [4.78, 5) is 13.9. The molecular formula is C13H19BrN2O. The number of hydrogen-bond acceptors (Lipinski definition) is 2. The summed E-state index contributed by atoms with van der Waals surface area (Å²) in [7, 11) is 0. The van der Waals surface area contributed by atoms with Crippen molar-refractivity contribution >= 4 is 27.5 Å². The number of amides is 1. The molecule has 0 atom stereocenters. The third-order valence-electron chi connectivity index (χ3n) is 2.68. The van der Waals surface area contributed by atoms with E-state index in [2.05, 4.69) is 40.0 Å². The minimum atomic E-state index is 0.0687. The lowest BCUT2D eigenvalue weighted by atomic mass is 10.3. The molecule has 0 aliphatic rings. The normalized spacial score (nSPS) is 10.6. The van der Waals surface area contributed by atoms with Crippen molar-refractivity contribution in [3.63, 3.8) is 0 Å². The van der Waals surface area contributed by atoms with E-state index in [0.717, 1.165) is 29.8 Å². The van der Waals surface area contributed by atoms with Gasteiger partial charge in [0.05, 0.1) is 0 Å². The van der Waals surface area contributed by atoms with E-state index >= 15 is 0 Å². The van der Waals surface area contributed by atoms with Crippen molar-refractivity contribution < 1.29 is 4.79 Å². The van der Waals surface area contributed by atoms with E-state index in [1.807, 2.05) is 24.3 Å². The molecule has 0 spiro atoms. The molecule has 3 nitrogen and oxygen atoms in total. The Morgan fingerprint density at radius 2 is 1.82 bits per heavy atom. The Morgan fingerprint density at radius 1 is 1.24 bits per heavy atom. The Labute approximate surface area is 111 Å². The van der Waals surface area contributed by atoms with Gasteiger partial charge in [-0.05, 0) is 37.4 Å². The van der Waals surface area contributed by atoms with Gasteiger partial charge in [-0.15, -0.1) is 0 Å². The van der Waals surface area contributed by atoms with Gasteiger partial charge < -0.3 is 10.2 Å². The molecule has 1 amide bonds. The van der Waals surface area contributed by atoms with Gasteiger partial charge >= 0.3 is 0 Å². The van der Waals surface area contributed by atoms with Crippen molar-refractivity contribution in [1.82, 2.24) is 4.90 Å². The predicted molar refractivity (Wildman–Crippen MR) is 75.2 cm³/mol. The van der Waals surface area contributed by atoms with Crippen molar-refractivity contribution in [1.29, 1.82) is 0 Å². The second-order valence-corrected chi connectivity index (χ2v) is 4.75. The molecule has 0 fully saturated rings.